The van der Waals surface area contributed by atoms with E-state index in [2.05, 4.69) is 26.1 Å². The van der Waals surface area contributed by atoms with Crippen LogP contribution in [-0.4, -0.2) is 35.4 Å². The molecule has 0 radical (unpaired) electrons. The van der Waals surface area contributed by atoms with Crippen LogP contribution in [0.4, 0.5) is 0 Å². The lowest BCUT2D eigenvalue weighted by atomic mass is 9.87. The molecule has 0 heterocycles. The van der Waals surface area contributed by atoms with Crippen LogP contribution in [0.15, 0.2) is 78.9 Å². The molecular formula is C32H39ClN2O3. The quantitative estimate of drug-likeness (QED) is 0.302. The van der Waals surface area contributed by atoms with Crippen molar-refractivity contribution < 1.29 is 14.3 Å². The number of amides is 2. The molecule has 3 aromatic rings. The van der Waals surface area contributed by atoms with Gasteiger partial charge in [-0.2, -0.15) is 0 Å². The molecule has 1 N–H and O–H groups in total. The first kappa shape index (κ1) is 29.2. The van der Waals surface area contributed by atoms with E-state index in [9.17, 15) is 9.59 Å². The summed E-state index contributed by atoms with van der Waals surface area (Å²) in [5, 5.41) is 3.65. The molecule has 0 aliphatic rings. The molecule has 0 fully saturated rings. The number of benzene rings is 3. The highest BCUT2D eigenvalue weighted by molar-refractivity contribution is 6.30. The lowest BCUT2D eigenvalue weighted by molar-refractivity contribution is -0.143. The molecule has 2 atom stereocenters. The van der Waals surface area contributed by atoms with Crippen LogP contribution in [0, 0.1) is 0 Å². The van der Waals surface area contributed by atoms with Crippen molar-refractivity contribution in [1.29, 1.82) is 0 Å². The summed E-state index contributed by atoms with van der Waals surface area (Å²) in [6, 6.07) is 24.2. The van der Waals surface area contributed by atoms with E-state index in [1.54, 1.807) is 11.0 Å². The molecule has 6 heteroatoms. The summed E-state index contributed by atoms with van der Waals surface area (Å²) in [5.74, 6) is 0.149. The second-order valence-corrected chi connectivity index (χ2v) is 11.2. The van der Waals surface area contributed by atoms with Crippen LogP contribution in [0.2, 0.25) is 5.02 Å². The predicted molar refractivity (Wildman–Crippen MR) is 154 cm³/mol. The van der Waals surface area contributed by atoms with Crippen LogP contribution < -0.4 is 10.1 Å². The number of rotatable bonds is 11. The fourth-order valence-corrected chi connectivity index (χ4v) is 4.32. The van der Waals surface area contributed by atoms with Gasteiger partial charge in [-0.25, -0.2) is 0 Å². The minimum absolute atomic E-state index is 0.0125. The summed E-state index contributed by atoms with van der Waals surface area (Å²) < 4.78 is 5.91. The monoisotopic (exact) mass is 534 g/mol. The molecule has 3 rings (SSSR count). The average molecular weight is 535 g/mol. The minimum Gasteiger partial charge on any atom is -0.484 e. The number of carbonyl (C=O) groups is 2. The maximum Gasteiger partial charge on any atom is 0.261 e. The molecule has 0 saturated carbocycles. The molecule has 3 aromatic carbocycles. The maximum absolute atomic E-state index is 13.7. The van der Waals surface area contributed by atoms with Gasteiger partial charge in [-0.05, 0) is 59.7 Å². The van der Waals surface area contributed by atoms with Gasteiger partial charge in [0.1, 0.15) is 11.8 Å². The van der Waals surface area contributed by atoms with Gasteiger partial charge in [-0.3, -0.25) is 9.59 Å². The average Bonchev–Trinajstić information content (AvgIpc) is 2.89. The molecule has 0 aromatic heterocycles. The van der Waals surface area contributed by atoms with Gasteiger partial charge in [0.05, 0.1) is 0 Å². The van der Waals surface area contributed by atoms with Gasteiger partial charge in [0.2, 0.25) is 5.91 Å². The van der Waals surface area contributed by atoms with Crippen molar-refractivity contribution in [1.82, 2.24) is 10.2 Å². The zero-order valence-corrected chi connectivity index (χ0v) is 23.8. The van der Waals surface area contributed by atoms with E-state index in [-0.39, 0.29) is 36.4 Å². The third-order valence-electron chi connectivity index (χ3n) is 6.60. The normalized spacial score (nSPS) is 12.9. The fourth-order valence-electron chi connectivity index (χ4n) is 4.11. The van der Waals surface area contributed by atoms with Crippen LogP contribution in [0.5, 0.6) is 5.75 Å². The standard InChI is InChI=1S/C32H39ClN2O3/c1-6-23(2)34-31(37)29(20-24-11-8-7-9-12-24)35(21-25-13-10-14-27(33)19-25)30(36)22-38-28-17-15-26(16-18-28)32(3,4)5/h7-19,23,29H,6,20-22H2,1-5H3,(H,34,37)/t23-,29-/m1/s1. The van der Waals surface area contributed by atoms with Crippen LogP contribution >= 0.6 is 11.6 Å². The Balaban J connectivity index is 1.89. The van der Waals surface area contributed by atoms with E-state index in [0.29, 0.717) is 17.2 Å². The van der Waals surface area contributed by atoms with Crippen molar-refractivity contribution in [3.05, 3.63) is 101 Å². The van der Waals surface area contributed by atoms with Crippen molar-refractivity contribution in [3.63, 3.8) is 0 Å². The number of nitrogens with zero attached hydrogens (tertiary/aromatic N) is 1. The molecule has 38 heavy (non-hydrogen) atoms. The van der Waals surface area contributed by atoms with Gasteiger partial charge < -0.3 is 15.0 Å². The number of carbonyl (C=O) groups excluding carboxylic acids is 2. The highest BCUT2D eigenvalue weighted by Crippen LogP contribution is 2.24. The van der Waals surface area contributed by atoms with E-state index in [4.69, 9.17) is 16.3 Å². The van der Waals surface area contributed by atoms with Crippen molar-refractivity contribution in [3.8, 4) is 5.75 Å². The summed E-state index contributed by atoms with van der Waals surface area (Å²) in [7, 11) is 0. The molecule has 5 nitrogen and oxygen atoms in total. The summed E-state index contributed by atoms with van der Waals surface area (Å²) in [6.07, 6.45) is 1.18. The number of ether oxygens (including phenoxy) is 1. The second-order valence-electron chi connectivity index (χ2n) is 10.7. The fraction of sp³-hybridized carbons (Fsp3) is 0.375. The van der Waals surface area contributed by atoms with Gasteiger partial charge in [0, 0.05) is 24.0 Å². The summed E-state index contributed by atoms with van der Waals surface area (Å²) in [5.41, 5.74) is 3.02. The number of hydrogen-bond donors (Lipinski definition) is 1. The highest BCUT2D eigenvalue weighted by Gasteiger charge is 2.31. The van der Waals surface area contributed by atoms with Crippen molar-refractivity contribution in [2.24, 2.45) is 0 Å². The van der Waals surface area contributed by atoms with Gasteiger partial charge in [0.15, 0.2) is 6.61 Å². The Morgan fingerprint density at radius 1 is 0.947 bits per heavy atom. The van der Waals surface area contributed by atoms with Crippen LogP contribution in [0.1, 0.15) is 57.7 Å². The first-order chi connectivity index (χ1) is 18.1. The molecule has 0 aliphatic carbocycles. The van der Waals surface area contributed by atoms with Crippen LogP contribution in [0.25, 0.3) is 0 Å². The smallest absolute Gasteiger partial charge is 0.261 e. The van der Waals surface area contributed by atoms with Crippen LogP contribution in [-0.2, 0) is 28.0 Å². The van der Waals surface area contributed by atoms with E-state index in [1.165, 1.54) is 5.56 Å². The minimum atomic E-state index is -0.718. The predicted octanol–water partition coefficient (Wildman–Crippen LogP) is 6.57. The largest absolute Gasteiger partial charge is 0.484 e. The Labute approximate surface area is 232 Å². The zero-order chi connectivity index (χ0) is 27.7. The Kier molecular flexibility index (Phi) is 10.4. The van der Waals surface area contributed by atoms with Crippen molar-refractivity contribution in [2.45, 2.75) is 71.5 Å². The van der Waals surface area contributed by atoms with Gasteiger partial charge in [-0.15, -0.1) is 0 Å². The third-order valence-corrected chi connectivity index (χ3v) is 6.83. The lowest BCUT2D eigenvalue weighted by Gasteiger charge is -2.32. The Hall–Kier alpha value is -3.31. The molecule has 0 spiro atoms. The molecule has 0 bridgehead atoms. The summed E-state index contributed by atoms with van der Waals surface area (Å²) >= 11 is 6.25. The molecule has 0 saturated heterocycles. The maximum atomic E-state index is 13.7. The Morgan fingerprint density at radius 2 is 1.61 bits per heavy atom. The molecule has 0 unspecified atom stereocenters. The van der Waals surface area contributed by atoms with Crippen molar-refractivity contribution >= 4 is 23.4 Å². The first-order valence-corrected chi connectivity index (χ1v) is 13.6. The number of hydrogen-bond acceptors (Lipinski definition) is 3. The van der Waals surface area contributed by atoms with E-state index in [1.807, 2.05) is 86.6 Å². The van der Waals surface area contributed by atoms with E-state index >= 15 is 0 Å². The molecule has 202 valence electrons. The first-order valence-electron chi connectivity index (χ1n) is 13.2. The zero-order valence-electron chi connectivity index (χ0n) is 23.0. The van der Waals surface area contributed by atoms with E-state index in [0.717, 1.165) is 17.5 Å². The van der Waals surface area contributed by atoms with Crippen LogP contribution in [0.3, 0.4) is 0 Å². The lowest BCUT2D eigenvalue weighted by Crippen LogP contribution is -2.53. The highest BCUT2D eigenvalue weighted by atomic mass is 35.5. The van der Waals surface area contributed by atoms with Gasteiger partial charge in [0.25, 0.3) is 5.91 Å². The number of nitrogens with one attached hydrogen (secondary N) is 1. The Bertz CT molecular complexity index is 1190. The second kappa shape index (κ2) is 13.5. The summed E-state index contributed by atoms with van der Waals surface area (Å²) in [6.45, 7) is 10.5. The summed E-state index contributed by atoms with van der Waals surface area (Å²) in [4.78, 5) is 28.9. The molecule has 0 aliphatic heterocycles. The van der Waals surface area contributed by atoms with Crippen molar-refractivity contribution in [2.75, 3.05) is 6.61 Å². The third kappa shape index (κ3) is 8.63. The van der Waals surface area contributed by atoms with Gasteiger partial charge >= 0.3 is 0 Å². The van der Waals surface area contributed by atoms with E-state index < -0.39 is 6.04 Å². The number of halogens is 1. The SMILES string of the molecule is CC[C@@H](C)NC(=O)[C@@H](Cc1ccccc1)N(Cc1cccc(Cl)c1)C(=O)COc1ccc(C(C)(C)C)cc1. The Morgan fingerprint density at radius 3 is 2.21 bits per heavy atom. The topological polar surface area (TPSA) is 58.6 Å². The van der Waals surface area contributed by atoms with Gasteiger partial charge in [-0.1, -0.05) is 93.9 Å². The molecular weight excluding hydrogens is 496 g/mol. The molecule has 2 amide bonds.